The van der Waals surface area contributed by atoms with E-state index in [1.165, 1.54) is 34.4 Å². The van der Waals surface area contributed by atoms with Crippen molar-refractivity contribution in [2.24, 2.45) is 0 Å². The lowest BCUT2D eigenvalue weighted by molar-refractivity contribution is 0.635. The molecule has 3 N–H and O–H groups in total. The number of H-pyrrole nitrogens is 1. The number of aromatic nitrogens is 2. The lowest BCUT2D eigenvalue weighted by Gasteiger charge is -2.23. The van der Waals surface area contributed by atoms with Crippen molar-refractivity contribution in [2.45, 2.75) is 18.8 Å². The zero-order chi connectivity index (χ0) is 13.2. The maximum absolute atomic E-state index is 5.87. The van der Waals surface area contributed by atoms with Crippen molar-refractivity contribution in [3.63, 3.8) is 0 Å². The van der Waals surface area contributed by atoms with Crippen LogP contribution in [0.25, 0.3) is 11.1 Å². The molecule has 5 heteroatoms. The average Bonchev–Trinajstić information content (AvgIpc) is 2.86. The fourth-order valence-electron chi connectivity index (χ4n) is 2.56. The maximum Gasteiger partial charge on any atom is 0.126 e. The van der Waals surface area contributed by atoms with Crippen molar-refractivity contribution in [1.82, 2.24) is 10.2 Å². The van der Waals surface area contributed by atoms with E-state index in [2.05, 4.69) is 56.1 Å². The number of hydrogen-bond acceptors (Lipinski definition) is 3. The largest absolute Gasteiger partial charge is 0.384 e. The van der Waals surface area contributed by atoms with E-state index in [1.54, 1.807) is 6.20 Å². The fourth-order valence-corrected chi connectivity index (χ4v) is 4.37. The molecule has 1 saturated heterocycles. The number of rotatable bonds is 2. The van der Waals surface area contributed by atoms with Crippen molar-refractivity contribution in [3.05, 3.63) is 34.4 Å². The number of nitrogens with one attached hydrogen (secondary N) is 1. The molecule has 0 atom stereocenters. The van der Waals surface area contributed by atoms with Crippen molar-refractivity contribution >= 4 is 33.5 Å². The summed E-state index contributed by atoms with van der Waals surface area (Å²) in [6, 6.07) is 6.52. The third-order valence-electron chi connectivity index (χ3n) is 3.64. The van der Waals surface area contributed by atoms with E-state index in [4.69, 9.17) is 5.73 Å². The summed E-state index contributed by atoms with van der Waals surface area (Å²) in [6.07, 6.45) is 4.32. The van der Waals surface area contributed by atoms with Gasteiger partial charge in [-0.15, -0.1) is 0 Å². The molecule has 0 spiro atoms. The summed E-state index contributed by atoms with van der Waals surface area (Å²) in [4.78, 5) is 0. The monoisotopic (exact) mass is 337 g/mol. The van der Waals surface area contributed by atoms with E-state index in [-0.39, 0.29) is 0 Å². The molecule has 0 aliphatic carbocycles. The first kappa shape index (κ1) is 13.1. The summed E-state index contributed by atoms with van der Waals surface area (Å²) in [7, 11) is 0. The quantitative estimate of drug-likeness (QED) is 0.869. The van der Waals surface area contributed by atoms with Gasteiger partial charge in [0.2, 0.25) is 0 Å². The minimum Gasteiger partial charge on any atom is -0.384 e. The summed E-state index contributed by atoms with van der Waals surface area (Å²) in [5.74, 6) is 3.85. The number of anilines is 1. The number of halogens is 1. The molecule has 2 heterocycles. The van der Waals surface area contributed by atoms with Gasteiger partial charge in [0.15, 0.2) is 0 Å². The molecule has 0 amide bonds. The van der Waals surface area contributed by atoms with Crippen LogP contribution in [0.15, 0.2) is 28.9 Å². The summed E-state index contributed by atoms with van der Waals surface area (Å²) >= 11 is 5.77. The second-order valence-electron chi connectivity index (χ2n) is 4.82. The van der Waals surface area contributed by atoms with Crippen LogP contribution in [0, 0.1) is 0 Å². The lowest BCUT2D eigenvalue weighted by Crippen LogP contribution is -2.08. The van der Waals surface area contributed by atoms with Crippen molar-refractivity contribution in [1.29, 1.82) is 0 Å². The van der Waals surface area contributed by atoms with Gasteiger partial charge in [-0.05, 0) is 47.5 Å². The molecule has 1 aliphatic rings. The molecule has 1 aromatic carbocycles. The van der Waals surface area contributed by atoms with Gasteiger partial charge in [0, 0.05) is 10.0 Å². The molecule has 3 rings (SSSR count). The van der Waals surface area contributed by atoms with Crippen LogP contribution in [0.2, 0.25) is 0 Å². The normalized spacial score (nSPS) is 16.7. The number of benzene rings is 1. The van der Waals surface area contributed by atoms with Crippen LogP contribution in [0.4, 0.5) is 5.82 Å². The first-order valence-electron chi connectivity index (χ1n) is 6.42. The minimum absolute atomic E-state index is 0.619. The SMILES string of the molecule is Nc1[nH]ncc1-c1ccc(C2CCSCC2)c(Br)c1. The summed E-state index contributed by atoms with van der Waals surface area (Å²) in [6.45, 7) is 0. The fraction of sp³-hybridized carbons (Fsp3) is 0.357. The Morgan fingerprint density at radius 1 is 1.32 bits per heavy atom. The minimum atomic E-state index is 0.619. The Morgan fingerprint density at radius 2 is 2.11 bits per heavy atom. The van der Waals surface area contributed by atoms with Gasteiger partial charge in [-0.2, -0.15) is 16.9 Å². The number of nitrogens with zero attached hydrogens (tertiary/aromatic N) is 1. The number of aromatic amines is 1. The Bertz CT molecular complexity index is 576. The van der Waals surface area contributed by atoms with E-state index in [0.29, 0.717) is 11.7 Å². The van der Waals surface area contributed by atoms with Crippen LogP contribution in [-0.2, 0) is 0 Å². The number of nitrogen functional groups attached to an aromatic ring is 1. The average molecular weight is 338 g/mol. The Hall–Kier alpha value is -0.940. The predicted molar refractivity (Wildman–Crippen MR) is 85.4 cm³/mol. The Balaban J connectivity index is 1.91. The molecule has 2 aromatic rings. The zero-order valence-corrected chi connectivity index (χ0v) is 12.9. The van der Waals surface area contributed by atoms with E-state index >= 15 is 0 Å². The van der Waals surface area contributed by atoms with Crippen LogP contribution in [0.3, 0.4) is 0 Å². The highest BCUT2D eigenvalue weighted by Gasteiger charge is 2.18. The summed E-state index contributed by atoms with van der Waals surface area (Å²) in [5, 5.41) is 6.75. The Labute approximate surface area is 125 Å². The van der Waals surface area contributed by atoms with E-state index < -0.39 is 0 Å². The third kappa shape index (κ3) is 2.67. The molecular formula is C14H16BrN3S. The van der Waals surface area contributed by atoms with E-state index in [1.807, 2.05) is 0 Å². The predicted octanol–water partition coefficient (Wildman–Crippen LogP) is 4.03. The van der Waals surface area contributed by atoms with Crippen molar-refractivity contribution < 1.29 is 0 Å². The van der Waals surface area contributed by atoms with Crippen LogP contribution in [-0.4, -0.2) is 21.7 Å². The van der Waals surface area contributed by atoms with Gasteiger partial charge in [0.1, 0.15) is 5.82 Å². The molecule has 0 bridgehead atoms. The molecule has 1 fully saturated rings. The second-order valence-corrected chi connectivity index (χ2v) is 6.90. The van der Waals surface area contributed by atoms with E-state index in [9.17, 15) is 0 Å². The van der Waals surface area contributed by atoms with Gasteiger partial charge >= 0.3 is 0 Å². The zero-order valence-electron chi connectivity index (χ0n) is 10.5. The number of thioether (sulfide) groups is 1. The molecule has 1 aromatic heterocycles. The van der Waals surface area contributed by atoms with Crippen molar-refractivity contribution in [3.8, 4) is 11.1 Å². The summed E-state index contributed by atoms with van der Waals surface area (Å²) < 4.78 is 1.18. The molecule has 0 radical (unpaired) electrons. The molecule has 0 unspecified atom stereocenters. The van der Waals surface area contributed by atoms with Gasteiger partial charge in [-0.25, -0.2) is 0 Å². The molecule has 100 valence electrons. The van der Waals surface area contributed by atoms with Gasteiger partial charge in [0.05, 0.1) is 6.20 Å². The molecular weight excluding hydrogens is 322 g/mol. The molecule has 1 aliphatic heterocycles. The van der Waals surface area contributed by atoms with Gasteiger partial charge in [-0.1, -0.05) is 28.1 Å². The van der Waals surface area contributed by atoms with Crippen LogP contribution >= 0.6 is 27.7 Å². The van der Waals surface area contributed by atoms with Crippen LogP contribution in [0.5, 0.6) is 0 Å². The smallest absolute Gasteiger partial charge is 0.126 e. The molecule has 3 nitrogen and oxygen atoms in total. The van der Waals surface area contributed by atoms with Crippen LogP contribution < -0.4 is 5.73 Å². The number of nitrogens with two attached hydrogens (primary N) is 1. The third-order valence-corrected chi connectivity index (χ3v) is 5.38. The van der Waals surface area contributed by atoms with Gasteiger partial charge in [-0.3, -0.25) is 5.10 Å². The Morgan fingerprint density at radius 3 is 2.74 bits per heavy atom. The second kappa shape index (κ2) is 5.59. The molecule has 19 heavy (non-hydrogen) atoms. The highest BCUT2D eigenvalue weighted by atomic mass is 79.9. The first-order valence-corrected chi connectivity index (χ1v) is 8.37. The lowest BCUT2D eigenvalue weighted by atomic mass is 9.92. The molecule has 0 saturated carbocycles. The first-order chi connectivity index (χ1) is 9.25. The Kier molecular flexibility index (Phi) is 3.84. The van der Waals surface area contributed by atoms with Crippen molar-refractivity contribution in [2.75, 3.05) is 17.2 Å². The van der Waals surface area contributed by atoms with E-state index in [0.717, 1.165) is 11.1 Å². The standard InChI is InChI=1S/C14H16BrN3S/c15-13-7-10(12-8-17-18-14(12)16)1-2-11(13)9-3-5-19-6-4-9/h1-2,7-9H,3-6H2,(H3,16,17,18). The maximum atomic E-state index is 5.87. The van der Waals surface area contributed by atoms with Gasteiger partial charge in [0.25, 0.3) is 0 Å². The van der Waals surface area contributed by atoms with Gasteiger partial charge < -0.3 is 5.73 Å². The summed E-state index contributed by atoms with van der Waals surface area (Å²) in [5.41, 5.74) is 9.36. The van der Waals surface area contributed by atoms with Crippen LogP contribution in [0.1, 0.15) is 24.3 Å². The topological polar surface area (TPSA) is 54.7 Å². The highest BCUT2D eigenvalue weighted by Crippen LogP contribution is 2.37. The highest BCUT2D eigenvalue weighted by molar-refractivity contribution is 9.10. The number of hydrogen-bond donors (Lipinski definition) is 2.